The maximum atomic E-state index is 11.5. The Morgan fingerprint density at radius 3 is 2.63 bits per heavy atom. The van der Waals surface area contributed by atoms with Gasteiger partial charge in [-0.2, -0.15) is 5.10 Å². The zero-order valence-electron chi connectivity index (χ0n) is 10.7. The second kappa shape index (κ2) is 5.36. The van der Waals surface area contributed by atoms with Crippen LogP contribution in [-0.4, -0.2) is 15.4 Å². The van der Waals surface area contributed by atoms with Crippen LogP contribution in [0, 0.1) is 13.8 Å². The molecule has 19 heavy (non-hydrogen) atoms. The summed E-state index contributed by atoms with van der Waals surface area (Å²) in [6.45, 7) is 4.03. The van der Waals surface area contributed by atoms with E-state index in [4.69, 9.17) is 11.6 Å². The summed E-state index contributed by atoms with van der Waals surface area (Å²) in [4.78, 5) is 22.4. The minimum Gasteiger partial charge on any atom is -0.281 e. The quantitative estimate of drug-likeness (QED) is 0.876. The molecule has 2 aromatic rings. The smallest absolute Gasteiger partial charge is 0.267 e. The van der Waals surface area contributed by atoms with Crippen molar-refractivity contribution >= 4 is 16.8 Å². The molecule has 0 aliphatic heterocycles. The zero-order chi connectivity index (χ0) is 14.0. The molecule has 1 heterocycles. The van der Waals surface area contributed by atoms with Gasteiger partial charge in [0.25, 0.3) is 5.56 Å². The molecule has 0 aliphatic rings. The van der Waals surface area contributed by atoms with Crippen molar-refractivity contribution in [3.8, 4) is 11.3 Å². The molecule has 0 aliphatic carbocycles. The Kier molecular flexibility index (Phi) is 3.81. The predicted octanol–water partition coefficient (Wildman–Crippen LogP) is 2.36. The van der Waals surface area contributed by atoms with Crippen LogP contribution in [0.1, 0.15) is 16.7 Å². The summed E-state index contributed by atoms with van der Waals surface area (Å²) in [5, 5.41) is 5.82. The number of carbonyl (C=O) groups is 1. The van der Waals surface area contributed by atoms with Gasteiger partial charge in [0.2, 0.25) is 5.24 Å². The molecule has 4 nitrogen and oxygen atoms in total. The second-order valence-electron chi connectivity index (χ2n) is 4.44. The summed E-state index contributed by atoms with van der Waals surface area (Å²) < 4.78 is 0. The van der Waals surface area contributed by atoms with Crippen molar-refractivity contribution in [2.75, 3.05) is 0 Å². The maximum absolute atomic E-state index is 11.5. The molecule has 2 rings (SSSR count). The van der Waals surface area contributed by atoms with Gasteiger partial charge < -0.3 is 0 Å². The Labute approximate surface area is 115 Å². The molecule has 0 saturated carbocycles. The molecule has 1 N–H and O–H groups in total. The zero-order valence-corrected chi connectivity index (χ0v) is 11.4. The Morgan fingerprint density at radius 1 is 1.26 bits per heavy atom. The Balaban J connectivity index is 2.48. The Bertz CT molecular complexity index is 692. The predicted molar refractivity (Wildman–Crippen MR) is 74.3 cm³/mol. The van der Waals surface area contributed by atoms with E-state index in [-0.39, 0.29) is 12.0 Å². The lowest BCUT2D eigenvalue weighted by atomic mass is 10.0. The SMILES string of the molecule is Cc1ccc(-c2cc(CC(=O)Cl)c(=O)[nH]n2)cc1C. The normalized spacial score (nSPS) is 10.5. The van der Waals surface area contributed by atoms with Crippen molar-refractivity contribution in [2.24, 2.45) is 0 Å². The van der Waals surface area contributed by atoms with Gasteiger partial charge in [-0.3, -0.25) is 9.59 Å². The molecule has 0 unspecified atom stereocenters. The van der Waals surface area contributed by atoms with Gasteiger partial charge >= 0.3 is 0 Å². The number of H-pyrrole nitrogens is 1. The monoisotopic (exact) mass is 276 g/mol. The first-order valence-electron chi connectivity index (χ1n) is 5.82. The van der Waals surface area contributed by atoms with E-state index < -0.39 is 5.24 Å². The van der Waals surface area contributed by atoms with Crippen LogP contribution >= 0.6 is 11.6 Å². The highest BCUT2D eigenvalue weighted by Gasteiger charge is 2.09. The second-order valence-corrected chi connectivity index (χ2v) is 4.86. The molecule has 0 bridgehead atoms. The van der Waals surface area contributed by atoms with Gasteiger partial charge in [0.1, 0.15) is 0 Å². The lowest BCUT2D eigenvalue weighted by Gasteiger charge is -2.05. The van der Waals surface area contributed by atoms with Crippen LogP contribution in [0.4, 0.5) is 0 Å². The van der Waals surface area contributed by atoms with Gasteiger partial charge in [-0.25, -0.2) is 5.10 Å². The maximum Gasteiger partial charge on any atom is 0.267 e. The molecule has 0 atom stereocenters. The van der Waals surface area contributed by atoms with Crippen molar-refractivity contribution < 1.29 is 4.79 Å². The Hall–Kier alpha value is -1.94. The number of nitrogens with zero attached hydrogens (tertiary/aromatic N) is 1. The number of halogens is 1. The van der Waals surface area contributed by atoms with E-state index in [9.17, 15) is 9.59 Å². The van der Waals surface area contributed by atoms with Crippen LogP contribution in [0.5, 0.6) is 0 Å². The van der Waals surface area contributed by atoms with Crippen molar-refractivity contribution in [1.29, 1.82) is 0 Å². The van der Waals surface area contributed by atoms with Gasteiger partial charge in [-0.05, 0) is 48.7 Å². The molecule has 1 aromatic carbocycles. The average Bonchev–Trinajstić information content (AvgIpc) is 2.35. The van der Waals surface area contributed by atoms with Crippen LogP contribution in [0.3, 0.4) is 0 Å². The van der Waals surface area contributed by atoms with Gasteiger partial charge in [-0.1, -0.05) is 12.1 Å². The van der Waals surface area contributed by atoms with Gasteiger partial charge in [0.15, 0.2) is 0 Å². The fourth-order valence-corrected chi connectivity index (χ4v) is 1.92. The number of aromatic amines is 1. The standard InChI is InChI=1S/C14H13ClN2O2/c1-8-3-4-10(5-9(8)2)12-6-11(7-13(15)18)14(19)17-16-12/h3-6H,7H2,1-2H3,(H,17,19). The molecule has 1 aromatic heterocycles. The fourth-order valence-electron chi connectivity index (χ4n) is 1.78. The van der Waals surface area contributed by atoms with E-state index in [2.05, 4.69) is 10.2 Å². The van der Waals surface area contributed by atoms with E-state index in [1.165, 1.54) is 5.56 Å². The third-order valence-corrected chi connectivity index (χ3v) is 3.15. The summed E-state index contributed by atoms with van der Waals surface area (Å²) in [7, 11) is 0. The van der Waals surface area contributed by atoms with Crippen molar-refractivity contribution in [1.82, 2.24) is 10.2 Å². The number of hydrogen-bond acceptors (Lipinski definition) is 3. The summed E-state index contributed by atoms with van der Waals surface area (Å²) in [6.07, 6.45) is -0.0999. The summed E-state index contributed by atoms with van der Waals surface area (Å²) >= 11 is 5.32. The fraction of sp³-hybridized carbons (Fsp3) is 0.214. The van der Waals surface area contributed by atoms with Crippen molar-refractivity contribution in [3.05, 3.63) is 51.3 Å². The Morgan fingerprint density at radius 2 is 2.00 bits per heavy atom. The molecule has 0 fully saturated rings. The van der Waals surface area contributed by atoms with E-state index >= 15 is 0 Å². The van der Waals surface area contributed by atoms with Crippen LogP contribution in [0.15, 0.2) is 29.1 Å². The van der Waals surface area contributed by atoms with Gasteiger partial charge in [0.05, 0.1) is 12.1 Å². The third-order valence-electron chi connectivity index (χ3n) is 3.01. The van der Waals surface area contributed by atoms with E-state index in [1.54, 1.807) is 6.07 Å². The molecule has 5 heteroatoms. The van der Waals surface area contributed by atoms with E-state index in [0.29, 0.717) is 11.3 Å². The average molecular weight is 277 g/mol. The molecular weight excluding hydrogens is 264 g/mol. The lowest BCUT2D eigenvalue weighted by Crippen LogP contribution is -2.16. The highest BCUT2D eigenvalue weighted by atomic mass is 35.5. The lowest BCUT2D eigenvalue weighted by molar-refractivity contribution is -0.111. The number of carbonyl (C=O) groups excluding carboxylic acids is 1. The van der Waals surface area contributed by atoms with Crippen molar-refractivity contribution in [2.45, 2.75) is 20.3 Å². The first-order valence-corrected chi connectivity index (χ1v) is 6.19. The van der Waals surface area contributed by atoms with Crippen molar-refractivity contribution in [3.63, 3.8) is 0 Å². The van der Waals surface area contributed by atoms with E-state index in [0.717, 1.165) is 11.1 Å². The highest BCUT2D eigenvalue weighted by molar-refractivity contribution is 6.63. The molecule has 0 saturated heterocycles. The molecule has 0 spiro atoms. The number of hydrogen-bond donors (Lipinski definition) is 1. The van der Waals surface area contributed by atoms with Crippen LogP contribution < -0.4 is 5.56 Å². The summed E-state index contributed by atoms with van der Waals surface area (Å²) in [5.41, 5.74) is 3.77. The minimum absolute atomic E-state index is 0.0999. The summed E-state index contributed by atoms with van der Waals surface area (Å²) in [5.74, 6) is 0. The molecular formula is C14H13ClN2O2. The van der Waals surface area contributed by atoms with E-state index in [1.807, 2.05) is 32.0 Å². The number of benzene rings is 1. The largest absolute Gasteiger partial charge is 0.281 e. The van der Waals surface area contributed by atoms with Gasteiger partial charge in [-0.15, -0.1) is 0 Å². The first kappa shape index (κ1) is 13.5. The minimum atomic E-state index is -0.567. The van der Waals surface area contributed by atoms with Gasteiger partial charge in [0, 0.05) is 11.1 Å². The first-order chi connectivity index (χ1) is 8.97. The number of aromatic nitrogens is 2. The van der Waals surface area contributed by atoms with Crippen LogP contribution in [0.2, 0.25) is 0 Å². The van der Waals surface area contributed by atoms with Crippen LogP contribution in [-0.2, 0) is 11.2 Å². The summed E-state index contributed by atoms with van der Waals surface area (Å²) in [6, 6.07) is 7.50. The molecule has 0 radical (unpaired) electrons. The number of aryl methyl sites for hydroxylation is 2. The van der Waals surface area contributed by atoms with Crippen LogP contribution in [0.25, 0.3) is 11.3 Å². The highest BCUT2D eigenvalue weighted by Crippen LogP contribution is 2.19. The third kappa shape index (κ3) is 3.09. The number of nitrogens with one attached hydrogen (secondary N) is 1. The number of rotatable bonds is 3. The molecule has 98 valence electrons. The topological polar surface area (TPSA) is 62.8 Å². The molecule has 0 amide bonds.